The summed E-state index contributed by atoms with van der Waals surface area (Å²) in [5.41, 5.74) is 39.3. The second kappa shape index (κ2) is 20.9. The molecule has 98 heavy (non-hydrogen) atoms. The molecule has 0 fully saturated rings. The van der Waals surface area contributed by atoms with Crippen LogP contribution in [0.1, 0.15) is 115 Å². The minimum Gasteiger partial charge on any atom is -0.310 e. The molecule has 7 aliphatic rings. The molecule has 15 aromatic rings. The van der Waals surface area contributed by atoms with E-state index in [0.29, 0.717) is 5.92 Å². The molecule has 0 aliphatic heterocycles. The summed E-state index contributed by atoms with van der Waals surface area (Å²) < 4.78 is 4.70. The van der Waals surface area contributed by atoms with Gasteiger partial charge in [-0.05, 0) is 212 Å². The lowest BCUT2D eigenvalue weighted by atomic mass is 9.43. The Labute approximate surface area is 587 Å². The number of rotatable bonds is 9. The van der Waals surface area contributed by atoms with Gasteiger partial charge in [0.05, 0.1) is 11.0 Å². The van der Waals surface area contributed by atoms with Gasteiger partial charge in [-0.2, -0.15) is 0 Å². The summed E-state index contributed by atoms with van der Waals surface area (Å²) in [4.78, 5) is 8.05. The first-order chi connectivity index (χ1) is 48.2. The van der Waals surface area contributed by atoms with Crippen LogP contribution in [0.2, 0.25) is 0 Å². The highest BCUT2D eigenvalue weighted by molar-refractivity contribution is 9.10. The number of anilines is 3. The molecule has 2 bridgehead atoms. The molecule has 3 unspecified atom stereocenters. The zero-order chi connectivity index (χ0) is 64.9. The fraction of sp³-hybridized carbons (Fsp3) is 0.0860. The van der Waals surface area contributed by atoms with Gasteiger partial charge >= 0.3 is 0 Å². The topological polar surface area (TPSA) is 21.1 Å². The average molecular weight is 1380 g/mol. The van der Waals surface area contributed by atoms with E-state index in [1.807, 2.05) is 0 Å². The highest BCUT2D eigenvalue weighted by atomic mass is 79.9. The van der Waals surface area contributed by atoms with Crippen LogP contribution in [0.3, 0.4) is 0 Å². The maximum Gasteiger partial charge on any atom is 0.145 e. The van der Waals surface area contributed by atoms with Gasteiger partial charge in [-0.1, -0.05) is 276 Å². The van der Waals surface area contributed by atoms with Crippen LogP contribution in [0.4, 0.5) is 17.1 Å². The highest BCUT2D eigenvalue weighted by Crippen LogP contribution is 2.78. The lowest BCUT2D eigenvalue weighted by Gasteiger charge is -2.58. The number of hydrogen-bond acceptors (Lipinski definition) is 2. The van der Waals surface area contributed by atoms with Gasteiger partial charge in [0.1, 0.15) is 5.82 Å². The van der Waals surface area contributed by atoms with Gasteiger partial charge in [0.15, 0.2) is 0 Å². The Bertz CT molecular complexity index is 5870. The first-order valence-electron chi connectivity index (χ1n) is 34.3. The molecule has 7 aliphatic carbocycles. The van der Waals surface area contributed by atoms with Crippen LogP contribution in [0.5, 0.6) is 0 Å². The summed E-state index contributed by atoms with van der Waals surface area (Å²) in [6.45, 7) is 4.80. The van der Waals surface area contributed by atoms with Crippen LogP contribution in [-0.2, 0) is 10.8 Å². The zero-order valence-electron chi connectivity index (χ0n) is 53.9. The predicted molar refractivity (Wildman–Crippen MR) is 408 cm³/mol. The summed E-state index contributed by atoms with van der Waals surface area (Å²) in [5, 5.41) is 0. The van der Waals surface area contributed by atoms with Crippen molar-refractivity contribution in [2.75, 3.05) is 4.90 Å². The molecule has 1 heterocycles. The highest BCUT2D eigenvalue weighted by Gasteiger charge is 2.70. The molecule has 3 atom stereocenters. The molecule has 0 amide bonds. The van der Waals surface area contributed by atoms with Crippen molar-refractivity contribution >= 4 is 60.0 Å². The van der Waals surface area contributed by atoms with E-state index < -0.39 is 0 Å². The minimum absolute atomic E-state index is 0.0445. The van der Waals surface area contributed by atoms with Crippen molar-refractivity contribution in [2.45, 2.75) is 48.3 Å². The third-order valence-corrected chi connectivity index (χ3v) is 24.6. The van der Waals surface area contributed by atoms with Gasteiger partial charge in [0.25, 0.3) is 0 Å². The molecule has 0 saturated heterocycles. The monoisotopic (exact) mass is 1380 g/mol. The smallest absolute Gasteiger partial charge is 0.145 e. The third kappa shape index (κ3) is 7.72. The van der Waals surface area contributed by atoms with E-state index in [9.17, 15) is 0 Å². The molecule has 3 nitrogen and oxygen atoms in total. The maximum atomic E-state index is 5.57. The van der Waals surface area contributed by atoms with Crippen LogP contribution in [-0.4, -0.2) is 9.55 Å². The number of imidazole rings is 1. The standard InChI is InChI=1S/C93H61Br2N3/c1-92(2)75-45-39-58(59-40-48-82-81(52-59)96-91(98(82)61-23-7-4-8-24-61)56-37-35-55(36-38-56)65-43-46-79(94)87-84-70-29-11-9-27-68(70)83(85(65)87)69-28-10-12-30-71(69)84)51-74(75)67-42-41-64(53-78(67)92)97(62-25-17-21-57(49-62)54-19-5-3-6-20-54)63-26-18-22-60(50-63)66-44-47-80(95)88-86(66)89-72-31-13-15-33-76(72)93(89)77-34-16-14-32-73(77)90(88)93/h3-53,83-84,89-90H,1-2H3. The predicted octanol–water partition coefficient (Wildman–Crippen LogP) is 24.5. The number of para-hydroxylation sites is 1. The van der Waals surface area contributed by atoms with Crippen molar-refractivity contribution in [1.82, 2.24) is 9.55 Å². The number of halogens is 2. The van der Waals surface area contributed by atoms with Crippen molar-refractivity contribution in [1.29, 1.82) is 0 Å². The molecule has 1 aromatic heterocycles. The van der Waals surface area contributed by atoms with Gasteiger partial charge in [0.2, 0.25) is 0 Å². The summed E-state index contributed by atoms with van der Waals surface area (Å²) >= 11 is 8.22. The summed E-state index contributed by atoms with van der Waals surface area (Å²) in [5.74, 6) is 1.83. The molecule has 0 radical (unpaired) electrons. The number of benzene rings is 14. The minimum atomic E-state index is -0.279. The van der Waals surface area contributed by atoms with Gasteiger partial charge in [-0.15, -0.1) is 0 Å². The number of aromatic nitrogens is 2. The lowest BCUT2D eigenvalue weighted by Crippen LogP contribution is -2.52. The van der Waals surface area contributed by atoms with E-state index >= 15 is 0 Å². The van der Waals surface area contributed by atoms with Crippen molar-refractivity contribution < 1.29 is 0 Å². The fourth-order valence-electron chi connectivity index (χ4n) is 19.1. The van der Waals surface area contributed by atoms with Crippen LogP contribution in [0.25, 0.3) is 83.7 Å². The van der Waals surface area contributed by atoms with Crippen LogP contribution in [0, 0.1) is 0 Å². The largest absolute Gasteiger partial charge is 0.310 e. The van der Waals surface area contributed by atoms with E-state index in [4.69, 9.17) is 4.98 Å². The molecule has 0 saturated carbocycles. The number of fused-ring (bicyclic) bond motifs is 11. The summed E-state index contributed by atoms with van der Waals surface area (Å²) in [7, 11) is 0. The third-order valence-electron chi connectivity index (χ3n) is 23.2. The fourth-order valence-corrected chi connectivity index (χ4v) is 20.3. The van der Waals surface area contributed by atoms with Gasteiger partial charge in [-0.3, -0.25) is 4.57 Å². The second-order valence-corrected chi connectivity index (χ2v) is 29.9. The number of hydrogen-bond donors (Lipinski definition) is 0. The van der Waals surface area contributed by atoms with Crippen molar-refractivity contribution in [3.63, 3.8) is 0 Å². The van der Waals surface area contributed by atoms with Gasteiger partial charge in [0, 0.05) is 71.8 Å². The molecule has 1 spiro atoms. The van der Waals surface area contributed by atoms with Crippen molar-refractivity contribution in [2.24, 2.45) is 0 Å². The summed E-state index contributed by atoms with van der Waals surface area (Å²) in [6, 6.07) is 116. The van der Waals surface area contributed by atoms with E-state index in [1.54, 1.807) is 0 Å². The van der Waals surface area contributed by atoms with Gasteiger partial charge < -0.3 is 4.90 Å². The quantitative estimate of drug-likeness (QED) is 0.144. The molecule has 462 valence electrons. The molecular formula is C93H61Br2N3. The van der Waals surface area contributed by atoms with E-state index in [0.717, 1.165) is 50.7 Å². The Hall–Kier alpha value is -10.7. The lowest BCUT2D eigenvalue weighted by molar-refractivity contribution is 0.332. The van der Waals surface area contributed by atoms with E-state index in [-0.39, 0.29) is 28.6 Å². The maximum absolute atomic E-state index is 5.57. The Morgan fingerprint density at radius 1 is 0.327 bits per heavy atom. The molecule has 0 N–H and O–H groups in total. The molecule has 14 aromatic carbocycles. The average Bonchev–Trinajstić information content (AvgIpc) is 1.44. The first-order valence-corrected chi connectivity index (χ1v) is 35.8. The van der Waals surface area contributed by atoms with Crippen LogP contribution < -0.4 is 4.90 Å². The normalized spacial score (nSPS) is 18.3. The summed E-state index contributed by atoms with van der Waals surface area (Å²) in [6.07, 6.45) is 0. The SMILES string of the molecule is CC1(C)c2ccc(-c3ccc4c(c3)nc(-c3ccc(-c5ccc(Br)c6c5C5c7ccccc7C6c6ccccc65)cc3)n4-c3ccccc3)cc2-c2ccc(N(c3cccc(-c4ccccc4)c3)c3cccc(-c4ccc(Br)c5c4C4c6ccccc6C46c4ccccc4C56)c3)cc21. The Morgan fingerprint density at radius 3 is 1.49 bits per heavy atom. The van der Waals surface area contributed by atoms with E-state index in [2.05, 4.69) is 365 Å². The van der Waals surface area contributed by atoms with Crippen LogP contribution >= 0.6 is 31.9 Å². The Kier molecular flexibility index (Phi) is 12.1. The first kappa shape index (κ1) is 56.5. The van der Waals surface area contributed by atoms with Crippen molar-refractivity contribution in [3.05, 3.63) is 396 Å². The molecular weight excluding hydrogens is 1320 g/mol. The Balaban J connectivity index is 0.647. The number of nitrogens with zero attached hydrogens (tertiary/aromatic N) is 3. The second-order valence-electron chi connectivity index (χ2n) is 28.2. The van der Waals surface area contributed by atoms with Gasteiger partial charge in [-0.25, -0.2) is 4.98 Å². The molecule has 5 heteroatoms. The molecule has 22 rings (SSSR count). The van der Waals surface area contributed by atoms with Crippen molar-refractivity contribution in [3.8, 4) is 72.7 Å². The Morgan fingerprint density at radius 2 is 0.816 bits per heavy atom. The van der Waals surface area contributed by atoms with E-state index in [1.165, 1.54) is 137 Å². The van der Waals surface area contributed by atoms with Crippen LogP contribution in [0.15, 0.2) is 318 Å². The zero-order valence-corrected chi connectivity index (χ0v) is 57.0.